The van der Waals surface area contributed by atoms with E-state index in [2.05, 4.69) is 0 Å². The number of rotatable bonds is 4. The molecule has 2 aliphatic heterocycles. The summed E-state index contributed by atoms with van der Waals surface area (Å²) in [6, 6.07) is 11.0. The molecule has 2 aliphatic rings. The predicted octanol–water partition coefficient (Wildman–Crippen LogP) is 1.74. The van der Waals surface area contributed by atoms with Gasteiger partial charge in [-0.05, 0) is 31.2 Å². The zero-order valence-corrected chi connectivity index (χ0v) is 14.8. The molecule has 0 spiro atoms. The first-order valence-corrected chi connectivity index (χ1v) is 8.54. The maximum atomic E-state index is 12.4. The molecule has 2 aromatic carbocycles. The summed E-state index contributed by atoms with van der Waals surface area (Å²) in [5, 5.41) is 0.402. The van der Waals surface area contributed by atoms with Crippen LogP contribution in [0.4, 0.5) is 0 Å². The number of carbonyl (C=O) groups excluding carboxylic acids is 5. The van der Waals surface area contributed by atoms with Crippen molar-refractivity contribution in [3.05, 3.63) is 70.3 Å². The zero-order chi connectivity index (χ0) is 20.0. The van der Waals surface area contributed by atoms with Crippen LogP contribution in [0.3, 0.4) is 0 Å². The fourth-order valence-electron chi connectivity index (χ4n) is 3.21. The molecule has 0 fully saturated rings. The molecule has 0 radical (unpaired) electrons. The molecular weight excluding hydrogens is 364 g/mol. The van der Waals surface area contributed by atoms with Crippen LogP contribution < -0.4 is 0 Å². The number of nitrogens with zero attached hydrogens (tertiary/aromatic N) is 2. The summed E-state index contributed by atoms with van der Waals surface area (Å²) in [5.74, 6) is -3.34. The summed E-state index contributed by atoms with van der Waals surface area (Å²) < 4.78 is 0. The van der Waals surface area contributed by atoms with E-state index in [1.165, 1.54) is 12.1 Å². The standard InChI is InChI=1S/C20H14N2O6/c1-11-6-7-14-15(10-11)18(25)21(17(14)24)9-8-16(23)28-22-19(26)12-4-2-3-5-13(12)20(22)27/h2-7,10H,8-9H2,1H3. The van der Waals surface area contributed by atoms with E-state index >= 15 is 0 Å². The molecular formula is C20H14N2O6. The van der Waals surface area contributed by atoms with E-state index in [-0.39, 0.29) is 29.7 Å². The molecule has 0 unspecified atom stereocenters. The van der Waals surface area contributed by atoms with Crippen LogP contribution in [0.15, 0.2) is 42.5 Å². The maximum absolute atomic E-state index is 12.4. The van der Waals surface area contributed by atoms with Crippen molar-refractivity contribution < 1.29 is 28.8 Å². The van der Waals surface area contributed by atoms with Crippen LogP contribution in [0, 0.1) is 6.92 Å². The van der Waals surface area contributed by atoms with Gasteiger partial charge in [0.15, 0.2) is 0 Å². The average Bonchev–Trinajstić information content (AvgIpc) is 3.06. The molecule has 8 nitrogen and oxygen atoms in total. The number of hydroxylamine groups is 2. The molecule has 140 valence electrons. The Kier molecular flexibility index (Phi) is 4.03. The predicted molar refractivity (Wildman–Crippen MR) is 94.2 cm³/mol. The van der Waals surface area contributed by atoms with Gasteiger partial charge in [-0.1, -0.05) is 28.8 Å². The van der Waals surface area contributed by atoms with E-state index in [1.807, 2.05) is 0 Å². The highest BCUT2D eigenvalue weighted by Crippen LogP contribution is 2.25. The van der Waals surface area contributed by atoms with E-state index in [9.17, 15) is 24.0 Å². The second-order valence-electron chi connectivity index (χ2n) is 6.47. The van der Waals surface area contributed by atoms with Crippen LogP contribution in [0.25, 0.3) is 0 Å². The highest BCUT2D eigenvalue weighted by Gasteiger charge is 2.39. The van der Waals surface area contributed by atoms with Gasteiger partial charge >= 0.3 is 5.97 Å². The molecule has 0 bridgehead atoms. The highest BCUT2D eigenvalue weighted by molar-refractivity contribution is 6.22. The molecule has 0 N–H and O–H groups in total. The van der Waals surface area contributed by atoms with Gasteiger partial charge < -0.3 is 4.84 Å². The quantitative estimate of drug-likeness (QED) is 0.751. The first kappa shape index (κ1) is 17.6. The van der Waals surface area contributed by atoms with Crippen LogP contribution in [0.5, 0.6) is 0 Å². The smallest absolute Gasteiger partial charge is 0.330 e. The number of carbonyl (C=O) groups is 5. The minimum absolute atomic E-state index is 0.149. The Bertz CT molecular complexity index is 1040. The second kappa shape index (κ2) is 6.41. The Morgan fingerprint density at radius 3 is 2.04 bits per heavy atom. The van der Waals surface area contributed by atoms with Crippen molar-refractivity contribution in [3.63, 3.8) is 0 Å². The lowest BCUT2D eigenvalue weighted by Crippen LogP contribution is -2.36. The van der Waals surface area contributed by atoms with Crippen LogP contribution >= 0.6 is 0 Å². The fourth-order valence-corrected chi connectivity index (χ4v) is 3.21. The third kappa shape index (κ3) is 2.66. The van der Waals surface area contributed by atoms with Crippen molar-refractivity contribution in [2.24, 2.45) is 0 Å². The van der Waals surface area contributed by atoms with Gasteiger partial charge in [0.25, 0.3) is 23.6 Å². The molecule has 0 saturated carbocycles. The summed E-state index contributed by atoms with van der Waals surface area (Å²) >= 11 is 0. The number of imide groups is 2. The van der Waals surface area contributed by atoms with Crippen LogP contribution in [0.2, 0.25) is 0 Å². The van der Waals surface area contributed by atoms with Gasteiger partial charge in [0.2, 0.25) is 0 Å². The van der Waals surface area contributed by atoms with Crippen LogP contribution in [-0.2, 0) is 9.63 Å². The SMILES string of the molecule is Cc1ccc2c(c1)C(=O)N(CCC(=O)ON1C(=O)c3ccccc3C1=O)C2=O. The normalized spacial score (nSPS) is 15.2. The second-order valence-corrected chi connectivity index (χ2v) is 6.47. The molecule has 4 amide bonds. The minimum Gasteiger partial charge on any atom is -0.330 e. The number of hydrogen-bond donors (Lipinski definition) is 0. The van der Waals surface area contributed by atoms with Gasteiger partial charge in [-0.2, -0.15) is 0 Å². The fraction of sp³-hybridized carbons (Fsp3) is 0.150. The lowest BCUT2D eigenvalue weighted by Gasteiger charge is -2.15. The molecule has 8 heteroatoms. The lowest BCUT2D eigenvalue weighted by atomic mass is 10.1. The number of benzene rings is 2. The summed E-state index contributed by atoms with van der Waals surface area (Å²) in [6.07, 6.45) is -0.349. The molecule has 2 heterocycles. The Balaban J connectivity index is 1.41. The van der Waals surface area contributed by atoms with Gasteiger partial charge in [0.05, 0.1) is 28.7 Å². The maximum Gasteiger partial charge on any atom is 0.335 e. The monoisotopic (exact) mass is 378 g/mol. The highest BCUT2D eigenvalue weighted by atomic mass is 16.7. The first-order valence-electron chi connectivity index (χ1n) is 8.54. The molecule has 0 aliphatic carbocycles. The van der Waals surface area contributed by atoms with Crippen molar-refractivity contribution in [3.8, 4) is 0 Å². The average molecular weight is 378 g/mol. The van der Waals surface area contributed by atoms with E-state index in [0.29, 0.717) is 10.6 Å². The topological polar surface area (TPSA) is 101 Å². The first-order chi connectivity index (χ1) is 13.4. The van der Waals surface area contributed by atoms with Gasteiger partial charge in [-0.25, -0.2) is 4.79 Å². The number of amides is 4. The third-order valence-electron chi connectivity index (χ3n) is 4.62. The zero-order valence-electron chi connectivity index (χ0n) is 14.8. The Morgan fingerprint density at radius 1 is 0.821 bits per heavy atom. The molecule has 2 aromatic rings. The number of aryl methyl sites for hydroxylation is 1. The van der Waals surface area contributed by atoms with E-state index in [0.717, 1.165) is 10.5 Å². The Morgan fingerprint density at radius 2 is 1.39 bits per heavy atom. The number of fused-ring (bicyclic) bond motifs is 2. The lowest BCUT2D eigenvalue weighted by molar-refractivity contribution is -0.168. The van der Waals surface area contributed by atoms with Crippen molar-refractivity contribution >= 4 is 29.6 Å². The van der Waals surface area contributed by atoms with Crippen molar-refractivity contribution in [1.82, 2.24) is 9.96 Å². The van der Waals surface area contributed by atoms with Gasteiger partial charge in [0.1, 0.15) is 0 Å². The van der Waals surface area contributed by atoms with Gasteiger partial charge in [-0.3, -0.25) is 24.1 Å². The summed E-state index contributed by atoms with van der Waals surface area (Å²) in [7, 11) is 0. The van der Waals surface area contributed by atoms with Crippen molar-refractivity contribution in [1.29, 1.82) is 0 Å². The van der Waals surface area contributed by atoms with Crippen LogP contribution in [0.1, 0.15) is 53.4 Å². The molecule has 4 rings (SSSR count). The van der Waals surface area contributed by atoms with Crippen LogP contribution in [-0.4, -0.2) is 46.1 Å². The molecule has 28 heavy (non-hydrogen) atoms. The van der Waals surface area contributed by atoms with Gasteiger partial charge in [-0.15, -0.1) is 0 Å². The molecule has 0 atom stereocenters. The summed E-state index contributed by atoms with van der Waals surface area (Å²) in [4.78, 5) is 67.1. The van der Waals surface area contributed by atoms with E-state index in [1.54, 1.807) is 37.3 Å². The minimum atomic E-state index is -0.901. The van der Waals surface area contributed by atoms with E-state index in [4.69, 9.17) is 4.84 Å². The molecule has 0 aromatic heterocycles. The van der Waals surface area contributed by atoms with E-state index < -0.39 is 29.6 Å². The van der Waals surface area contributed by atoms with Crippen molar-refractivity contribution in [2.45, 2.75) is 13.3 Å². The van der Waals surface area contributed by atoms with Gasteiger partial charge in [0, 0.05) is 6.54 Å². The Labute approximate surface area is 159 Å². The summed E-state index contributed by atoms with van der Waals surface area (Å²) in [6.45, 7) is 1.59. The molecule has 0 saturated heterocycles. The Hall–Kier alpha value is -3.81. The van der Waals surface area contributed by atoms with Crippen molar-refractivity contribution in [2.75, 3.05) is 6.54 Å². The summed E-state index contributed by atoms with van der Waals surface area (Å²) in [5.41, 5.74) is 1.71. The largest absolute Gasteiger partial charge is 0.335 e. The number of hydrogen-bond acceptors (Lipinski definition) is 6. The third-order valence-corrected chi connectivity index (χ3v) is 4.62.